The smallest absolute Gasteiger partial charge is 0.328 e. The van der Waals surface area contributed by atoms with Crippen molar-refractivity contribution in [3.63, 3.8) is 0 Å². The highest BCUT2D eigenvalue weighted by Gasteiger charge is 2.25. The van der Waals surface area contributed by atoms with Gasteiger partial charge in [0.25, 0.3) is 10.0 Å². The molecular weight excluding hydrogens is 284 g/mol. The Morgan fingerprint density at radius 2 is 1.93 bits per heavy atom. The summed E-state index contributed by atoms with van der Waals surface area (Å²) in [5.74, 6) is 0. The van der Waals surface area contributed by atoms with E-state index >= 15 is 0 Å². The first-order chi connectivity index (χ1) is 6.87. The van der Waals surface area contributed by atoms with Crippen molar-refractivity contribution in [1.82, 2.24) is 4.31 Å². The molecule has 0 saturated heterocycles. The average molecular weight is 293 g/mol. The molecule has 1 rings (SSSR count). The second-order valence-corrected chi connectivity index (χ2v) is 5.53. The predicted molar refractivity (Wildman–Crippen MR) is 58.7 cm³/mol. The number of nitrogens with zero attached hydrogens (tertiary/aromatic N) is 1. The number of hydrogen-bond donors (Lipinski definition) is 1. The number of rotatable bonds is 2. The minimum Gasteiger partial charge on any atom is -0.351 e. The Balaban J connectivity index is 3.30. The van der Waals surface area contributed by atoms with E-state index in [1.165, 1.54) is 6.07 Å². The summed E-state index contributed by atoms with van der Waals surface area (Å²) in [6.45, 7) is 0. The number of nitrogens with two attached hydrogens (primary N) is 1. The number of amides is 2. The molecule has 7 heteroatoms. The normalized spacial score (nSPS) is 11.1. The zero-order valence-electron chi connectivity index (χ0n) is 7.84. The Morgan fingerprint density at radius 1 is 1.40 bits per heavy atom. The average Bonchev–Trinajstić information content (AvgIpc) is 2.16. The van der Waals surface area contributed by atoms with Crippen LogP contribution in [0.25, 0.3) is 0 Å². The van der Waals surface area contributed by atoms with Crippen LogP contribution in [-0.4, -0.2) is 25.8 Å². The van der Waals surface area contributed by atoms with Crippen molar-refractivity contribution in [3.05, 3.63) is 28.7 Å². The van der Waals surface area contributed by atoms with E-state index in [9.17, 15) is 13.2 Å². The van der Waals surface area contributed by atoms with Crippen LogP contribution in [0.4, 0.5) is 4.79 Å². The maximum atomic E-state index is 11.8. The number of sulfonamides is 1. The van der Waals surface area contributed by atoms with Crippen LogP contribution >= 0.6 is 15.9 Å². The third-order valence-corrected chi connectivity index (χ3v) is 4.55. The number of hydrogen-bond acceptors (Lipinski definition) is 3. The summed E-state index contributed by atoms with van der Waals surface area (Å²) in [4.78, 5) is 10.8. The Kier molecular flexibility index (Phi) is 3.35. The highest BCUT2D eigenvalue weighted by Crippen LogP contribution is 2.23. The molecule has 0 aliphatic rings. The van der Waals surface area contributed by atoms with Crippen LogP contribution in [0.3, 0.4) is 0 Å². The monoisotopic (exact) mass is 292 g/mol. The van der Waals surface area contributed by atoms with E-state index in [0.717, 1.165) is 7.05 Å². The molecule has 0 aromatic heterocycles. The van der Waals surface area contributed by atoms with Gasteiger partial charge >= 0.3 is 6.03 Å². The maximum Gasteiger partial charge on any atom is 0.328 e. The van der Waals surface area contributed by atoms with E-state index in [-0.39, 0.29) is 4.90 Å². The lowest BCUT2D eigenvalue weighted by Gasteiger charge is -2.15. The molecule has 0 bridgehead atoms. The molecule has 15 heavy (non-hydrogen) atoms. The van der Waals surface area contributed by atoms with Crippen molar-refractivity contribution < 1.29 is 13.2 Å². The summed E-state index contributed by atoms with van der Waals surface area (Å²) in [5, 5.41) is 0. The van der Waals surface area contributed by atoms with Gasteiger partial charge in [0.05, 0.1) is 0 Å². The molecule has 82 valence electrons. The quantitative estimate of drug-likeness (QED) is 0.888. The SMILES string of the molecule is CN(C(N)=O)S(=O)(=O)c1ccccc1Br. The Hall–Kier alpha value is -1.08. The van der Waals surface area contributed by atoms with Gasteiger partial charge in [0.15, 0.2) is 0 Å². The van der Waals surface area contributed by atoms with E-state index in [0.29, 0.717) is 8.78 Å². The fourth-order valence-electron chi connectivity index (χ4n) is 0.920. The van der Waals surface area contributed by atoms with Crippen LogP contribution in [0.15, 0.2) is 33.6 Å². The van der Waals surface area contributed by atoms with Crippen molar-refractivity contribution in [2.75, 3.05) is 7.05 Å². The number of primary amides is 1. The van der Waals surface area contributed by atoms with Crippen LogP contribution in [0.5, 0.6) is 0 Å². The lowest BCUT2D eigenvalue weighted by Crippen LogP contribution is -2.37. The molecule has 2 N–H and O–H groups in total. The summed E-state index contributed by atoms with van der Waals surface area (Å²) in [5.41, 5.74) is 4.90. The molecule has 0 aliphatic carbocycles. The van der Waals surface area contributed by atoms with E-state index in [1.54, 1.807) is 18.2 Å². The first-order valence-electron chi connectivity index (χ1n) is 3.90. The van der Waals surface area contributed by atoms with Crippen LogP contribution in [0.2, 0.25) is 0 Å². The molecule has 0 unspecified atom stereocenters. The van der Waals surface area contributed by atoms with Gasteiger partial charge in [0.2, 0.25) is 0 Å². The first kappa shape index (κ1) is 12.0. The second-order valence-electron chi connectivity index (χ2n) is 2.74. The summed E-state index contributed by atoms with van der Waals surface area (Å²) < 4.78 is 24.5. The van der Waals surface area contributed by atoms with Gasteiger partial charge in [0, 0.05) is 11.5 Å². The lowest BCUT2D eigenvalue weighted by atomic mass is 10.4. The molecule has 0 aliphatic heterocycles. The molecule has 0 heterocycles. The molecule has 0 radical (unpaired) electrons. The third-order valence-electron chi connectivity index (χ3n) is 1.79. The van der Waals surface area contributed by atoms with Gasteiger partial charge in [-0.2, -0.15) is 0 Å². The summed E-state index contributed by atoms with van der Waals surface area (Å²) in [7, 11) is -2.75. The first-order valence-corrected chi connectivity index (χ1v) is 6.13. The minimum atomic E-state index is -3.86. The van der Waals surface area contributed by atoms with Gasteiger partial charge in [-0.1, -0.05) is 12.1 Å². The van der Waals surface area contributed by atoms with Crippen molar-refractivity contribution in [3.8, 4) is 0 Å². The van der Waals surface area contributed by atoms with Crippen molar-refractivity contribution in [2.24, 2.45) is 5.73 Å². The number of carbonyl (C=O) groups excluding carboxylic acids is 1. The Bertz CT molecular complexity index is 486. The van der Waals surface area contributed by atoms with Crippen LogP contribution < -0.4 is 5.73 Å². The largest absolute Gasteiger partial charge is 0.351 e. The summed E-state index contributed by atoms with van der Waals surface area (Å²) >= 11 is 3.09. The second kappa shape index (κ2) is 4.19. The highest BCUT2D eigenvalue weighted by molar-refractivity contribution is 9.10. The third kappa shape index (κ3) is 2.29. The van der Waals surface area contributed by atoms with E-state index in [1.807, 2.05) is 0 Å². The number of halogens is 1. The van der Waals surface area contributed by atoms with Crippen LogP contribution in [0, 0.1) is 0 Å². The number of carbonyl (C=O) groups is 1. The Morgan fingerprint density at radius 3 is 2.40 bits per heavy atom. The van der Waals surface area contributed by atoms with Gasteiger partial charge in [-0.15, -0.1) is 0 Å². The van der Waals surface area contributed by atoms with E-state index in [2.05, 4.69) is 15.9 Å². The number of benzene rings is 1. The number of urea groups is 1. The standard InChI is InChI=1S/C8H9BrN2O3S/c1-11(8(10)12)15(13,14)7-5-3-2-4-6(7)9/h2-5H,1H3,(H2,10,12). The van der Waals surface area contributed by atoms with E-state index < -0.39 is 16.1 Å². The molecule has 0 fully saturated rings. The van der Waals surface area contributed by atoms with Crippen molar-refractivity contribution in [2.45, 2.75) is 4.90 Å². The maximum absolute atomic E-state index is 11.8. The molecule has 0 atom stereocenters. The van der Waals surface area contributed by atoms with E-state index in [4.69, 9.17) is 5.73 Å². The van der Waals surface area contributed by atoms with Crippen LogP contribution in [0.1, 0.15) is 0 Å². The van der Waals surface area contributed by atoms with Gasteiger partial charge < -0.3 is 5.73 Å². The zero-order chi connectivity index (χ0) is 11.6. The molecular formula is C8H9BrN2O3S. The molecule has 2 amide bonds. The van der Waals surface area contributed by atoms with Gasteiger partial charge in [0.1, 0.15) is 4.90 Å². The van der Waals surface area contributed by atoms with Crippen LogP contribution in [-0.2, 0) is 10.0 Å². The minimum absolute atomic E-state index is 0.00583. The highest BCUT2D eigenvalue weighted by atomic mass is 79.9. The van der Waals surface area contributed by atoms with Gasteiger partial charge in [-0.25, -0.2) is 17.5 Å². The fraction of sp³-hybridized carbons (Fsp3) is 0.125. The molecule has 1 aromatic carbocycles. The lowest BCUT2D eigenvalue weighted by molar-refractivity contribution is 0.237. The van der Waals surface area contributed by atoms with Crippen molar-refractivity contribution in [1.29, 1.82) is 0 Å². The molecule has 0 spiro atoms. The predicted octanol–water partition coefficient (Wildman–Crippen LogP) is 1.15. The summed E-state index contributed by atoms with van der Waals surface area (Å²) in [6.07, 6.45) is 0. The molecule has 0 saturated carbocycles. The van der Waals surface area contributed by atoms with Gasteiger partial charge in [-0.05, 0) is 28.1 Å². The summed E-state index contributed by atoms with van der Waals surface area (Å²) in [6, 6.07) is 5.17. The zero-order valence-corrected chi connectivity index (χ0v) is 10.2. The topological polar surface area (TPSA) is 80.5 Å². The molecule has 1 aromatic rings. The van der Waals surface area contributed by atoms with Crippen molar-refractivity contribution >= 4 is 32.0 Å². The fourth-order valence-corrected chi connectivity index (χ4v) is 2.92. The van der Waals surface area contributed by atoms with Gasteiger partial charge in [-0.3, -0.25) is 0 Å². The Labute approximate surface area is 96.1 Å². The molecule has 5 nitrogen and oxygen atoms in total.